The van der Waals surface area contributed by atoms with Crippen LogP contribution >= 0.6 is 12.2 Å². The van der Waals surface area contributed by atoms with Crippen LogP contribution in [0.25, 0.3) is 5.69 Å². The summed E-state index contributed by atoms with van der Waals surface area (Å²) >= 11 is 5.65. The molecule has 5 heteroatoms. The first-order valence-electron chi connectivity index (χ1n) is 7.91. The number of aliphatic hydroxyl groups is 1. The van der Waals surface area contributed by atoms with Crippen molar-refractivity contribution < 1.29 is 10.0 Å². The molecular weight excluding hydrogens is 294 g/mol. The number of imidazole rings is 1. The lowest BCUT2D eigenvalue weighted by atomic mass is 10.1. The SMILES string of the molecule is Cc1ccc(-n2ccn(C[NH+]3CCC[C@@H](O)C3)c2=S)c(C)c1. The molecular formula is C17H24N3OS+. The molecule has 1 aromatic heterocycles. The molecule has 1 unspecified atom stereocenters. The van der Waals surface area contributed by atoms with Gasteiger partial charge in [-0.15, -0.1) is 0 Å². The lowest BCUT2D eigenvalue weighted by molar-refractivity contribution is -0.930. The summed E-state index contributed by atoms with van der Waals surface area (Å²) in [5, 5.41) is 9.81. The van der Waals surface area contributed by atoms with Gasteiger partial charge in [-0.25, -0.2) is 0 Å². The largest absolute Gasteiger partial charge is 0.387 e. The van der Waals surface area contributed by atoms with Gasteiger partial charge in [0, 0.05) is 12.4 Å². The van der Waals surface area contributed by atoms with Crippen LogP contribution in [0.15, 0.2) is 30.6 Å². The Bertz CT molecular complexity index is 719. The van der Waals surface area contributed by atoms with Crippen molar-refractivity contribution >= 4 is 12.2 Å². The van der Waals surface area contributed by atoms with Crippen molar-refractivity contribution in [2.24, 2.45) is 0 Å². The molecule has 0 amide bonds. The minimum Gasteiger partial charge on any atom is -0.387 e. The molecule has 2 atom stereocenters. The van der Waals surface area contributed by atoms with E-state index >= 15 is 0 Å². The Hall–Kier alpha value is -1.43. The van der Waals surface area contributed by atoms with Crippen LogP contribution in [0.5, 0.6) is 0 Å². The monoisotopic (exact) mass is 318 g/mol. The smallest absolute Gasteiger partial charge is 0.188 e. The molecule has 2 N–H and O–H groups in total. The first-order valence-corrected chi connectivity index (χ1v) is 8.32. The van der Waals surface area contributed by atoms with E-state index in [0.29, 0.717) is 0 Å². The predicted molar refractivity (Wildman–Crippen MR) is 90.0 cm³/mol. The highest BCUT2D eigenvalue weighted by Crippen LogP contribution is 2.16. The maximum Gasteiger partial charge on any atom is 0.188 e. The van der Waals surface area contributed by atoms with Gasteiger partial charge in [-0.1, -0.05) is 17.7 Å². The average molecular weight is 318 g/mol. The number of aliphatic hydroxyl groups excluding tert-OH is 1. The number of benzene rings is 1. The number of aryl methyl sites for hydroxylation is 2. The summed E-state index contributed by atoms with van der Waals surface area (Å²) in [6.45, 7) is 6.97. The normalized spacial score (nSPS) is 22.0. The first kappa shape index (κ1) is 15.5. The topological polar surface area (TPSA) is 34.5 Å². The second-order valence-electron chi connectivity index (χ2n) is 6.37. The first-order chi connectivity index (χ1) is 10.5. The average Bonchev–Trinajstić information content (AvgIpc) is 2.81. The lowest BCUT2D eigenvalue weighted by Gasteiger charge is -2.27. The zero-order chi connectivity index (χ0) is 15.7. The molecule has 0 aliphatic carbocycles. The molecule has 22 heavy (non-hydrogen) atoms. The number of rotatable bonds is 3. The van der Waals surface area contributed by atoms with Gasteiger partial charge in [-0.3, -0.25) is 9.13 Å². The van der Waals surface area contributed by atoms with E-state index in [1.807, 2.05) is 6.20 Å². The van der Waals surface area contributed by atoms with Crippen LogP contribution in [0.3, 0.4) is 0 Å². The van der Waals surface area contributed by atoms with Crippen LogP contribution in [-0.4, -0.2) is 33.4 Å². The zero-order valence-corrected chi connectivity index (χ0v) is 14.1. The zero-order valence-electron chi connectivity index (χ0n) is 13.2. The molecule has 0 bridgehead atoms. The summed E-state index contributed by atoms with van der Waals surface area (Å²) in [6.07, 6.45) is 5.94. The van der Waals surface area contributed by atoms with Gasteiger partial charge in [0.05, 0.1) is 12.2 Å². The number of nitrogens with one attached hydrogen (secondary N) is 1. The molecule has 1 fully saturated rings. The third-order valence-corrected chi connectivity index (χ3v) is 4.88. The second-order valence-corrected chi connectivity index (χ2v) is 6.73. The van der Waals surface area contributed by atoms with E-state index in [-0.39, 0.29) is 6.10 Å². The van der Waals surface area contributed by atoms with Crippen LogP contribution in [0.2, 0.25) is 0 Å². The van der Waals surface area contributed by atoms with E-state index in [9.17, 15) is 5.11 Å². The molecule has 2 heterocycles. The number of likely N-dealkylation sites (tertiary alicyclic amines) is 1. The van der Waals surface area contributed by atoms with Crippen LogP contribution < -0.4 is 4.90 Å². The predicted octanol–water partition coefficient (Wildman–Crippen LogP) is 1.62. The Balaban J connectivity index is 1.84. The number of aromatic nitrogens is 2. The van der Waals surface area contributed by atoms with Crippen molar-refractivity contribution in [1.82, 2.24) is 9.13 Å². The number of piperidine rings is 1. The van der Waals surface area contributed by atoms with E-state index < -0.39 is 0 Å². The van der Waals surface area contributed by atoms with Crippen LogP contribution in [-0.2, 0) is 6.67 Å². The van der Waals surface area contributed by atoms with Gasteiger partial charge in [0.2, 0.25) is 0 Å². The molecule has 1 aromatic carbocycles. The van der Waals surface area contributed by atoms with Gasteiger partial charge in [-0.05, 0) is 50.5 Å². The Morgan fingerprint density at radius 2 is 2.14 bits per heavy atom. The standard InChI is InChI=1S/C17H23N3OS/c1-13-5-6-16(14(2)10-13)20-9-8-19(17(20)22)12-18-7-3-4-15(21)11-18/h5-6,8-10,15,21H,3-4,7,11-12H2,1-2H3/p+1/t15-/m1/s1. The summed E-state index contributed by atoms with van der Waals surface area (Å²) in [7, 11) is 0. The third kappa shape index (κ3) is 3.16. The van der Waals surface area contributed by atoms with Crippen LogP contribution in [0, 0.1) is 18.6 Å². The molecule has 2 aromatic rings. The Kier molecular flexibility index (Phi) is 4.47. The van der Waals surface area contributed by atoms with Gasteiger partial charge in [-0.2, -0.15) is 0 Å². The summed E-state index contributed by atoms with van der Waals surface area (Å²) in [5.74, 6) is 0. The van der Waals surface area contributed by atoms with Gasteiger partial charge in [0.25, 0.3) is 0 Å². The number of quaternary nitrogens is 1. The molecule has 1 saturated heterocycles. The van der Waals surface area contributed by atoms with Crippen molar-refractivity contribution in [1.29, 1.82) is 0 Å². The van der Waals surface area contributed by atoms with Crippen LogP contribution in [0.1, 0.15) is 24.0 Å². The maximum absolute atomic E-state index is 9.81. The minimum absolute atomic E-state index is 0.167. The van der Waals surface area contributed by atoms with Crippen molar-refractivity contribution in [3.8, 4) is 5.69 Å². The molecule has 0 radical (unpaired) electrons. The molecule has 0 spiro atoms. The highest BCUT2D eigenvalue weighted by Gasteiger charge is 2.21. The summed E-state index contributed by atoms with van der Waals surface area (Å²) in [4.78, 5) is 1.40. The van der Waals surface area contributed by atoms with Crippen LogP contribution in [0.4, 0.5) is 0 Å². The van der Waals surface area contributed by atoms with Crippen molar-refractivity contribution in [2.45, 2.75) is 39.5 Å². The number of nitrogens with zero attached hydrogens (tertiary/aromatic N) is 2. The minimum atomic E-state index is -0.167. The third-order valence-electron chi connectivity index (χ3n) is 4.45. The molecule has 0 saturated carbocycles. The highest BCUT2D eigenvalue weighted by molar-refractivity contribution is 7.71. The van der Waals surface area contributed by atoms with Gasteiger partial charge >= 0.3 is 0 Å². The molecule has 3 rings (SSSR count). The fourth-order valence-electron chi connectivity index (χ4n) is 3.30. The molecule has 1 aliphatic heterocycles. The fourth-order valence-corrected chi connectivity index (χ4v) is 3.59. The van der Waals surface area contributed by atoms with Gasteiger partial charge in [0.1, 0.15) is 12.6 Å². The molecule has 4 nitrogen and oxygen atoms in total. The van der Waals surface area contributed by atoms with E-state index in [2.05, 4.69) is 47.4 Å². The molecule has 118 valence electrons. The van der Waals surface area contributed by atoms with Crippen molar-refractivity contribution in [3.05, 3.63) is 46.5 Å². The number of hydrogen-bond donors (Lipinski definition) is 2. The molecule has 1 aliphatic rings. The number of hydrogen-bond acceptors (Lipinski definition) is 2. The van der Waals surface area contributed by atoms with Gasteiger partial charge < -0.3 is 10.0 Å². The fraction of sp³-hybridized carbons (Fsp3) is 0.471. The highest BCUT2D eigenvalue weighted by atomic mass is 32.1. The Labute approximate surface area is 136 Å². The maximum atomic E-state index is 9.81. The summed E-state index contributed by atoms with van der Waals surface area (Å²) in [6, 6.07) is 6.43. The Morgan fingerprint density at radius 3 is 2.86 bits per heavy atom. The quantitative estimate of drug-likeness (QED) is 0.844. The van der Waals surface area contributed by atoms with Crippen molar-refractivity contribution in [3.63, 3.8) is 0 Å². The van der Waals surface area contributed by atoms with Gasteiger partial charge in [0.15, 0.2) is 11.4 Å². The van der Waals surface area contributed by atoms with E-state index in [1.165, 1.54) is 16.0 Å². The van der Waals surface area contributed by atoms with E-state index in [4.69, 9.17) is 12.2 Å². The summed E-state index contributed by atoms with van der Waals surface area (Å²) in [5.41, 5.74) is 3.64. The Morgan fingerprint density at radius 1 is 1.32 bits per heavy atom. The van der Waals surface area contributed by atoms with E-state index in [1.54, 1.807) is 0 Å². The second kappa shape index (κ2) is 6.36. The van der Waals surface area contributed by atoms with Crippen molar-refractivity contribution in [2.75, 3.05) is 13.1 Å². The van der Waals surface area contributed by atoms with E-state index in [0.717, 1.165) is 43.1 Å². The summed E-state index contributed by atoms with van der Waals surface area (Å²) < 4.78 is 5.01. The lowest BCUT2D eigenvalue weighted by Crippen LogP contribution is -3.13.